The lowest BCUT2D eigenvalue weighted by Gasteiger charge is -2.06. The van der Waals surface area contributed by atoms with Crippen LogP contribution in [0.3, 0.4) is 0 Å². The van der Waals surface area contributed by atoms with Gasteiger partial charge in [-0.05, 0) is 35.4 Å². The molecular weight excluding hydrogens is 296 g/mol. The van der Waals surface area contributed by atoms with E-state index >= 15 is 0 Å². The molecule has 118 valence electrons. The Hall–Kier alpha value is -3.02. The second-order valence-electron chi connectivity index (χ2n) is 5.15. The number of aromatic amines is 1. The number of nitrogens with one attached hydrogen (secondary N) is 2. The zero-order chi connectivity index (χ0) is 16.2. The van der Waals surface area contributed by atoms with Crippen LogP contribution in [0.4, 0.5) is 0 Å². The minimum absolute atomic E-state index is 0.0917. The summed E-state index contributed by atoms with van der Waals surface area (Å²) in [6.07, 6.45) is 0.235. The minimum Gasteiger partial charge on any atom is -0.497 e. The molecule has 23 heavy (non-hydrogen) atoms. The van der Waals surface area contributed by atoms with Crippen LogP contribution in [-0.4, -0.2) is 18.0 Å². The second kappa shape index (κ2) is 6.39. The third-order valence-electron chi connectivity index (χ3n) is 3.50. The van der Waals surface area contributed by atoms with E-state index in [1.807, 2.05) is 24.3 Å². The summed E-state index contributed by atoms with van der Waals surface area (Å²) in [6, 6.07) is 12.7. The van der Waals surface area contributed by atoms with E-state index in [9.17, 15) is 9.59 Å². The van der Waals surface area contributed by atoms with Crippen molar-refractivity contribution in [3.63, 3.8) is 0 Å². The van der Waals surface area contributed by atoms with Crippen LogP contribution in [0.2, 0.25) is 0 Å². The van der Waals surface area contributed by atoms with Gasteiger partial charge >= 0.3 is 5.76 Å². The number of H-pyrrole nitrogens is 1. The molecule has 1 amide bonds. The first-order valence-electron chi connectivity index (χ1n) is 7.15. The number of hydrogen-bond acceptors (Lipinski definition) is 4. The molecule has 6 nitrogen and oxygen atoms in total. The molecule has 0 aliphatic heterocycles. The Morgan fingerprint density at radius 1 is 1.17 bits per heavy atom. The number of ether oxygens (including phenoxy) is 1. The Labute approximate surface area is 132 Å². The average Bonchev–Trinajstić information content (AvgIpc) is 2.92. The largest absolute Gasteiger partial charge is 0.497 e. The van der Waals surface area contributed by atoms with Crippen LogP contribution in [-0.2, 0) is 17.8 Å². The SMILES string of the molecule is COc1ccc(CNC(=O)Cc2ccc3oc(=O)[nH]c3c2)cc1. The zero-order valence-corrected chi connectivity index (χ0v) is 12.6. The van der Waals surface area contributed by atoms with E-state index in [0.29, 0.717) is 17.6 Å². The molecule has 0 unspecified atom stereocenters. The van der Waals surface area contributed by atoms with Crippen LogP contribution >= 0.6 is 0 Å². The summed E-state index contributed by atoms with van der Waals surface area (Å²) in [5, 5.41) is 2.86. The Kier molecular flexibility index (Phi) is 4.14. The van der Waals surface area contributed by atoms with Crippen LogP contribution in [0.1, 0.15) is 11.1 Å². The number of oxazole rings is 1. The van der Waals surface area contributed by atoms with Gasteiger partial charge in [-0.2, -0.15) is 0 Å². The highest BCUT2D eigenvalue weighted by Gasteiger charge is 2.07. The number of methoxy groups -OCH3 is 1. The van der Waals surface area contributed by atoms with Crippen molar-refractivity contribution in [2.45, 2.75) is 13.0 Å². The topological polar surface area (TPSA) is 84.3 Å². The summed E-state index contributed by atoms with van der Waals surface area (Å²) >= 11 is 0. The van der Waals surface area contributed by atoms with Crippen LogP contribution in [0, 0.1) is 0 Å². The number of benzene rings is 2. The van der Waals surface area contributed by atoms with E-state index in [1.165, 1.54) is 0 Å². The van der Waals surface area contributed by atoms with Crippen LogP contribution in [0.15, 0.2) is 51.7 Å². The van der Waals surface area contributed by atoms with E-state index in [-0.39, 0.29) is 12.3 Å². The van der Waals surface area contributed by atoms with Crippen LogP contribution in [0.25, 0.3) is 11.1 Å². The summed E-state index contributed by atoms with van der Waals surface area (Å²) in [5.41, 5.74) is 2.88. The Morgan fingerprint density at radius 3 is 2.65 bits per heavy atom. The molecule has 0 fully saturated rings. The molecular formula is C17H16N2O4. The number of hydrogen-bond donors (Lipinski definition) is 2. The van der Waals surface area contributed by atoms with Gasteiger partial charge in [0.2, 0.25) is 5.91 Å². The molecule has 1 heterocycles. The van der Waals surface area contributed by atoms with E-state index < -0.39 is 5.76 Å². The molecule has 3 rings (SSSR count). The molecule has 2 N–H and O–H groups in total. The molecule has 0 atom stereocenters. The van der Waals surface area contributed by atoms with Crippen LogP contribution < -0.4 is 15.8 Å². The monoisotopic (exact) mass is 312 g/mol. The van der Waals surface area contributed by atoms with Crippen molar-refractivity contribution in [3.05, 3.63) is 64.1 Å². The number of rotatable bonds is 5. The van der Waals surface area contributed by atoms with Gasteiger partial charge in [0.15, 0.2) is 5.58 Å². The Balaban J connectivity index is 1.60. The Bertz CT molecular complexity index is 877. The van der Waals surface area contributed by atoms with Crippen molar-refractivity contribution in [2.24, 2.45) is 0 Å². The summed E-state index contributed by atoms with van der Waals surface area (Å²) in [4.78, 5) is 25.7. The molecule has 0 radical (unpaired) electrons. The maximum Gasteiger partial charge on any atom is 0.417 e. The summed E-state index contributed by atoms with van der Waals surface area (Å²) < 4.78 is 10.0. The van der Waals surface area contributed by atoms with Crippen LogP contribution in [0.5, 0.6) is 5.75 Å². The van der Waals surface area contributed by atoms with Crippen molar-refractivity contribution in [1.82, 2.24) is 10.3 Å². The standard InChI is InChI=1S/C17H16N2O4/c1-22-13-5-2-11(3-6-13)10-18-16(20)9-12-4-7-15-14(8-12)19-17(21)23-15/h2-8H,9-10H2,1H3,(H,18,20)(H,19,21). The molecule has 6 heteroatoms. The highest BCUT2D eigenvalue weighted by atomic mass is 16.5. The third-order valence-corrected chi connectivity index (χ3v) is 3.50. The van der Waals surface area contributed by atoms with Gasteiger partial charge in [0.25, 0.3) is 0 Å². The van der Waals surface area contributed by atoms with Crippen molar-refractivity contribution in [3.8, 4) is 5.75 Å². The number of carbonyl (C=O) groups excluding carboxylic acids is 1. The molecule has 0 aliphatic carbocycles. The van der Waals surface area contributed by atoms with Crippen molar-refractivity contribution >= 4 is 17.0 Å². The number of fused-ring (bicyclic) bond motifs is 1. The van der Waals surface area contributed by atoms with Gasteiger partial charge in [0.05, 0.1) is 19.0 Å². The van der Waals surface area contributed by atoms with E-state index in [2.05, 4.69) is 10.3 Å². The molecule has 0 spiro atoms. The van der Waals surface area contributed by atoms with Gasteiger partial charge in [0, 0.05) is 6.54 Å². The fraction of sp³-hybridized carbons (Fsp3) is 0.176. The quantitative estimate of drug-likeness (QED) is 0.754. The van der Waals surface area contributed by atoms with E-state index in [4.69, 9.17) is 9.15 Å². The maximum atomic E-state index is 12.0. The van der Waals surface area contributed by atoms with Crippen molar-refractivity contribution in [1.29, 1.82) is 0 Å². The lowest BCUT2D eigenvalue weighted by atomic mass is 10.1. The maximum absolute atomic E-state index is 12.0. The van der Waals surface area contributed by atoms with Gasteiger partial charge in [-0.1, -0.05) is 18.2 Å². The van der Waals surface area contributed by atoms with Gasteiger partial charge in [0.1, 0.15) is 5.75 Å². The molecule has 0 aliphatic rings. The lowest BCUT2D eigenvalue weighted by molar-refractivity contribution is -0.120. The van der Waals surface area contributed by atoms with Crippen molar-refractivity contribution < 1.29 is 13.9 Å². The predicted molar refractivity (Wildman–Crippen MR) is 85.4 cm³/mol. The van der Waals surface area contributed by atoms with Gasteiger partial charge in [-0.3, -0.25) is 9.78 Å². The van der Waals surface area contributed by atoms with E-state index in [0.717, 1.165) is 16.9 Å². The van der Waals surface area contributed by atoms with Crippen molar-refractivity contribution in [2.75, 3.05) is 7.11 Å². The summed E-state index contributed by atoms with van der Waals surface area (Å²) in [7, 11) is 1.61. The average molecular weight is 312 g/mol. The molecule has 3 aromatic rings. The third kappa shape index (κ3) is 3.60. The predicted octanol–water partition coefficient (Wildman–Crippen LogP) is 1.99. The molecule has 0 bridgehead atoms. The minimum atomic E-state index is -0.499. The van der Waals surface area contributed by atoms with Gasteiger partial charge in [-0.25, -0.2) is 4.79 Å². The number of aromatic nitrogens is 1. The fourth-order valence-corrected chi connectivity index (χ4v) is 2.30. The normalized spacial score (nSPS) is 10.7. The lowest BCUT2D eigenvalue weighted by Crippen LogP contribution is -2.24. The first-order valence-corrected chi connectivity index (χ1v) is 7.15. The van der Waals surface area contributed by atoms with Gasteiger partial charge in [-0.15, -0.1) is 0 Å². The highest BCUT2D eigenvalue weighted by Crippen LogP contribution is 2.13. The molecule has 2 aromatic carbocycles. The molecule has 1 aromatic heterocycles. The molecule has 0 saturated carbocycles. The van der Waals surface area contributed by atoms with E-state index in [1.54, 1.807) is 25.3 Å². The smallest absolute Gasteiger partial charge is 0.417 e. The number of carbonyl (C=O) groups is 1. The highest BCUT2D eigenvalue weighted by molar-refractivity contribution is 5.80. The zero-order valence-electron chi connectivity index (χ0n) is 12.6. The Morgan fingerprint density at radius 2 is 1.91 bits per heavy atom. The summed E-state index contributed by atoms with van der Waals surface area (Å²) in [6.45, 7) is 0.452. The fourth-order valence-electron chi connectivity index (χ4n) is 2.30. The molecule has 0 saturated heterocycles. The first-order chi connectivity index (χ1) is 11.1. The van der Waals surface area contributed by atoms with Gasteiger partial charge < -0.3 is 14.5 Å². The summed E-state index contributed by atoms with van der Waals surface area (Å²) in [5.74, 6) is 0.189. The first kappa shape index (κ1) is 14.9. The number of amides is 1. The second-order valence-corrected chi connectivity index (χ2v) is 5.15.